The molecule has 2 N–H and O–H groups in total. The summed E-state index contributed by atoms with van der Waals surface area (Å²) in [5, 5.41) is 3.48. The Morgan fingerprint density at radius 1 is 1.18 bits per heavy atom. The van der Waals surface area contributed by atoms with Crippen LogP contribution in [0.3, 0.4) is 0 Å². The third-order valence-corrected chi connectivity index (χ3v) is 7.38. The van der Waals surface area contributed by atoms with Crippen LogP contribution in [0, 0.1) is 0 Å². The minimum atomic E-state index is -3.92. The molecule has 180 valence electrons. The van der Waals surface area contributed by atoms with E-state index < -0.39 is 28.5 Å². The standard InChI is InChI=1S/C23H30ClN3O5S/c1-2-6-21(23(29)26-18-7-3-4-8-18)27(16-19-9-5-14-32-19)22(28)15-25-33(30,31)20-12-10-17(24)11-13-20/h5,9-14,18,21,25H,2-4,6-8,15-16H2,1H3,(H,26,29)/t21-/m1/s1. The van der Waals surface area contributed by atoms with Gasteiger partial charge in [-0.3, -0.25) is 9.59 Å². The number of carbonyl (C=O) groups is 2. The van der Waals surface area contributed by atoms with Crippen molar-refractivity contribution in [1.82, 2.24) is 14.9 Å². The van der Waals surface area contributed by atoms with Crippen LogP contribution < -0.4 is 10.0 Å². The lowest BCUT2D eigenvalue weighted by atomic mass is 10.1. The highest BCUT2D eigenvalue weighted by molar-refractivity contribution is 7.89. The lowest BCUT2D eigenvalue weighted by Gasteiger charge is -2.31. The lowest BCUT2D eigenvalue weighted by molar-refractivity contribution is -0.141. The van der Waals surface area contributed by atoms with E-state index in [1.165, 1.54) is 35.4 Å². The summed E-state index contributed by atoms with van der Waals surface area (Å²) in [6.07, 6.45) is 6.63. The van der Waals surface area contributed by atoms with Crippen LogP contribution in [-0.4, -0.2) is 43.8 Å². The number of amides is 2. The van der Waals surface area contributed by atoms with Gasteiger partial charge in [0.15, 0.2) is 0 Å². The third kappa shape index (κ3) is 7.06. The van der Waals surface area contributed by atoms with Crippen molar-refractivity contribution in [2.75, 3.05) is 6.54 Å². The van der Waals surface area contributed by atoms with Crippen LogP contribution >= 0.6 is 11.6 Å². The van der Waals surface area contributed by atoms with Crippen LogP contribution in [-0.2, 0) is 26.2 Å². The molecule has 2 amide bonds. The van der Waals surface area contributed by atoms with Gasteiger partial charge in [-0.2, -0.15) is 0 Å². The molecule has 1 aliphatic carbocycles. The normalized spacial score (nSPS) is 15.3. The van der Waals surface area contributed by atoms with Crippen molar-refractivity contribution in [3.8, 4) is 0 Å². The molecule has 0 spiro atoms. The Balaban J connectivity index is 1.76. The van der Waals surface area contributed by atoms with Crippen molar-refractivity contribution < 1.29 is 22.4 Å². The molecule has 1 aromatic carbocycles. The average Bonchev–Trinajstić information content (AvgIpc) is 3.49. The molecule has 0 saturated heterocycles. The highest BCUT2D eigenvalue weighted by Gasteiger charge is 2.32. The third-order valence-electron chi connectivity index (χ3n) is 5.71. The molecule has 10 heteroatoms. The van der Waals surface area contributed by atoms with Crippen molar-refractivity contribution in [3.63, 3.8) is 0 Å². The number of rotatable bonds is 11. The first kappa shape index (κ1) is 25.3. The van der Waals surface area contributed by atoms with Crippen LogP contribution in [0.25, 0.3) is 0 Å². The molecule has 1 aromatic heterocycles. The minimum absolute atomic E-state index is 0.00127. The highest BCUT2D eigenvalue weighted by Crippen LogP contribution is 2.20. The van der Waals surface area contributed by atoms with Crippen LogP contribution in [0.4, 0.5) is 0 Å². The molecule has 33 heavy (non-hydrogen) atoms. The number of nitrogens with zero attached hydrogens (tertiary/aromatic N) is 1. The minimum Gasteiger partial charge on any atom is -0.467 e. The molecule has 1 saturated carbocycles. The van der Waals surface area contributed by atoms with Crippen LogP contribution in [0.15, 0.2) is 52.0 Å². The number of halogens is 1. The molecule has 1 fully saturated rings. The molecule has 0 aliphatic heterocycles. The monoisotopic (exact) mass is 495 g/mol. The number of carbonyl (C=O) groups excluding carboxylic acids is 2. The molecule has 1 heterocycles. The van der Waals surface area contributed by atoms with Gasteiger partial charge in [0.1, 0.15) is 11.8 Å². The van der Waals surface area contributed by atoms with Crippen molar-refractivity contribution in [2.45, 2.75) is 69.0 Å². The zero-order valence-electron chi connectivity index (χ0n) is 18.6. The average molecular weight is 496 g/mol. The fraction of sp³-hybridized carbons (Fsp3) is 0.478. The van der Waals surface area contributed by atoms with Gasteiger partial charge in [0.2, 0.25) is 21.8 Å². The van der Waals surface area contributed by atoms with E-state index in [0.29, 0.717) is 23.6 Å². The summed E-state index contributed by atoms with van der Waals surface area (Å²) in [7, 11) is -3.92. The van der Waals surface area contributed by atoms with E-state index in [2.05, 4.69) is 10.0 Å². The summed E-state index contributed by atoms with van der Waals surface area (Å²) < 4.78 is 33.0. The first-order valence-electron chi connectivity index (χ1n) is 11.2. The first-order chi connectivity index (χ1) is 15.8. The van der Waals surface area contributed by atoms with Gasteiger partial charge in [0.05, 0.1) is 24.2 Å². The number of hydrogen-bond acceptors (Lipinski definition) is 5. The van der Waals surface area contributed by atoms with Crippen LogP contribution in [0.5, 0.6) is 0 Å². The quantitative estimate of drug-likeness (QED) is 0.496. The maximum absolute atomic E-state index is 13.2. The van der Waals surface area contributed by atoms with E-state index in [0.717, 1.165) is 25.7 Å². The van der Waals surface area contributed by atoms with E-state index in [1.54, 1.807) is 12.1 Å². The Morgan fingerprint density at radius 2 is 1.88 bits per heavy atom. The molecule has 1 atom stereocenters. The summed E-state index contributed by atoms with van der Waals surface area (Å²) in [5.74, 6) is -0.216. The van der Waals surface area contributed by atoms with Crippen LogP contribution in [0.1, 0.15) is 51.2 Å². The van der Waals surface area contributed by atoms with Crippen molar-refractivity contribution in [2.24, 2.45) is 0 Å². The van der Waals surface area contributed by atoms with E-state index in [-0.39, 0.29) is 23.4 Å². The van der Waals surface area contributed by atoms with E-state index in [4.69, 9.17) is 16.0 Å². The molecule has 0 unspecified atom stereocenters. The second kappa shape index (κ2) is 11.7. The number of hydrogen-bond donors (Lipinski definition) is 2. The number of benzene rings is 1. The van der Waals surface area contributed by atoms with Gasteiger partial charge in [-0.15, -0.1) is 0 Å². The fourth-order valence-corrected chi connectivity index (χ4v) is 5.07. The lowest BCUT2D eigenvalue weighted by Crippen LogP contribution is -2.53. The molecular weight excluding hydrogens is 466 g/mol. The fourth-order valence-electron chi connectivity index (χ4n) is 3.97. The van der Waals surface area contributed by atoms with E-state index >= 15 is 0 Å². The zero-order valence-corrected chi connectivity index (χ0v) is 20.2. The van der Waals surface area contributed by atoms with E-state index in [9.17, 15) is 18.0 Å². The maximum Gasteiger partial charge on any atom is 0.243 e. The Morgan fingerprint density at radius 3 is 2.48 bits per heavy atom. The van der Waals surface area contributed by atoms with Gasteiger partial charge >= 0.3 is 0 Å². The van der Waals surface area contributed by atoms with Gasteiger partial charge in [-0.25, -0.2) is 13.1 Å². The van der Waals surface area contributed by atoms with Crippen molar-refractivity contribution >= 4 is 33.4 Å². The molecule has 2 aromatic rings. The molecule has 0 bridgehead atoms. The predicted molar refractivity (Wildman–Crippen MR) is 125 cm³/mol. The molecule has 8 nitrogen and oxygen atoms in total. The Kier molecular flexibility index (Phi) is 8.94. The van der Waals surface area contributed by atoms with Gasteiger partial charge in [-0.1, -0.05) is 37.8 Å². The SMILES string of the molecule is CCC[C@H](C(=O)NC1CCCC1)N(Cc1ccco1)C(=O)CNS(=O)(=O)c1ccc(Cl)cc1. The summed E-state index contributed by atoms with van der Waals surface area (Å²) >= 11 is 5.83. The van der Waals surface area contributed by atoms with E-state index in [1.807, 2.05) is 6.92 Å². The topological polar surface area (TPSA) is 109 Å². The van der Waals surface area contributed by atoms with Gasteiger partial charge < -0.3 is 14.6 Å². The highest BCUT2D eigenvalue weighted by atomic mass is 35.5. The van der Waals surface area contributed by atoms with Crippen molar-refractivity contribution in [1.29, 1.82) is 0 Å². The second-order valence-corrected chi connectivity index (χ2v) is 10.4. The molecule has 0 radical (unpaired) electrons. The van der Waals surface area contributed by atoms with Gasteiger partial charge in [0.25, 0.3) is 0 Å². The Labute approximate surface area is 199 Å². The summed E-state index contributed by atoms with van der Waals surface area (Å²) in [4.78, 5) is 27.7. The second-order valence-electron chi connectivity index (χ2n) is 8.17. The zero-order chi connectivity index (χ0) is 23.8. The van der Waals surface area contributed by atoms with Crippen molar-refractivity contribution in [3.05, 3.63) is 53.4 Å². The predicted octanol–water partition coefficient (Wildman–Crippen LogP) is 3.47. The number of sulfonamides is 1. The Hall–Kier alpha value is -2.36. The summed E-state index contributed by atoms with van der Waals surface area (Å²) in [6.45, 7) is 1.52. The molecule has 1 aliphatic rings. The summed E-state index contributed by atoms with van der Waals surface area (Å²) in [6, 6.07) is 8.46. The molecule has 3 rings (SSSR count). The number of nitrogens with one attached hydrogen (secondary N) is 2. The largest absolute Gasteiger partial charge is 0.467 e. The van der Waals surface area contributed by atoms with Gasteiger partial charge in [0, 0.05) is 11.1 Å². The smallest absolute Gasteiger partial charge is 0.243 e. The number of furan rings is 1. The first-order valence-corrected chi connectivity index (χ1v) is 13.0. The van der Waals surface area contributed by atoms with Gasteiger partial charge in [-0.05, 0) is 55.7 Å². The van der Waals surface area contributed by atoms with Crippen LogP contribution in [0.2, 0.25) is 5.02 Å². The maximum atomic E-state index is 13.2. The molecular formula is C23H30ClN3O5S. The summed E-state index contributed by atoms with van der Waals surface area (Å²) in [5.41, 5.74) is 0. The Bertz CT molecular complexity index is 1020.